The number of halogens is 2. The third-order valence-corrected chi connectivity index (χ3v) is 7.78. The van der Waals surface area contributed by atoms with Crippen LogP contribution < -0.4 is 5.32 Å². The van der Waals surface area contributed by atoms with Crippen LogP contribution in [0, 0.1) is 30.4 Å². The van der Waals surface area contributed by atoms with E-state index in [0.29, 0.717) is 11.3 Å². The van der Waals surface area contributed by atoms with Gasteiger partial charge in [-0.2, -0.15) is 0 Å². The Balaban J connectivity index is 1.80. The number of aryl methyl sites for hydroxylation is 2. The minimum atomic E-state index is -4.17. The first-order valence-electron chi connectivity index (χ1n) is 10.8. The topological polar surface area (TPSA) is 121 Å². The molecule has 3 N–H and O–H groups in total. The number of aromatic nitrogens is 1. The van der Waals surface area contributed by atoms with E-state index in [9.17, 15) is 27.8 Å². The van der Waals surface area contributed by atoms with Crippen molar-refractivity contribution >= 4 is 21.6 Å². The summed E-state index contributed by atoms with van der Waals surface area (Å²) >= 11 is 0. The normalized spacial score (nSPS) is 19.3. The van der Waals surface area contributed by atoms with Crippen LogP contribution in [0.25, 0.3) is 0 Å². The average Bonchev–Trinajstić information content (AvgIpc) is 3.30. The molecule has 0 bridgehead atoms. The van der Waals surface area contributed by atoms with E-state index >= 15 is 4.39 Å². The number of anilines is 1. The summed E-state index contributed by atoms with van der Waals surface area (Å²) in [5.41, 5.74) is 0.339. The van der Waals surface area contributed by atoms with Crippen LogP contribution in [0.4, 0.5) is 19.3 Å². The van der Waals surface area contributed by atoms with Crippen molar-refractivity contribution in [3.63, 3.8) is 0 Å². The zero-order chi connectivity index (χ0) is 25.2. The van der Waals surface area contributed by atoms with Crippen molar-refractivity contribution in [2.45, 2.75) is 25.0 Å². The maximum atomic E-state index is 15.2. The quantitative estimate of drug-likeness (QED) is 0.474. The molecule has 1 aliphatic rings. The van der Waals surface area contributed by atoms with Gasteiger partial charge in [-0.05, 0) is 43.5 Å². The van der Waals surface area contributed by atoms with E-state index in [1.165, 1.54) is 41.6 Å². The van der Waals surface area contributed by atoms with Crippen LogP contribution in [0.3, 0.4) is 0 Å². The molecular formula is C22H29F2N3O6S. The van der Waals surface area contributed by atoms with Crippen molar-refractivity contribution in [2.75, 3.05) is 37.4 Å². The van der Waals surface area contributed by atoms with Crippen LogP contribution in [0.1, 0.15) is 24.4 Å². The Labute approximate surface area is 196 Å². The lowest BCUT2D eigenvalue weighted by molar-refractivity contribution is 0.112. The lowest BCUT2D eigenvalue weighted by Crippen LogP contribution is -2.30. The molecule has 0 spiro atoms. The number of aliphatic hydroxyl groups excluding tert-OH is 2. The zero-order valence-electron chi connectivity index (χ0n) is 19.2. The monoisotopic (exact) mass is 501 g/mol. The van der Waals surface area contributed by atoms with E-state index in [-0.39, 0.29) is 32.0 Å². The summed E-state index contributed by atoms with van der Waals surface area (Å²) in [6.07, 6.45) is -1.12. The molecule has 2 heterocycles. The Morgan fingerprint density at radius 1 is 1.29 bits per heavy atom. The molecule has 1 fully saturated rings. The number of hydrogen-bond donors (Lipinski definition) is 3. The third-order valence-electron chi connectivity index (χ3n) is 5.96. The van der Waals surface area contributed by atoms with Gasteiger partial charge in [0.2, 0.25) is 0 Å². The fourth-order valence-corrected chi connectivity index (χ4v) is 5.96. The van der Waals surface area contributed by atoms with Gasteiger partial charge in [0.25, 0.3) is 0 Å². The number of likely N-dealkylation sites (tertiary alicyclic amines) is 1. The number of carbonyl (C=O) groups is 1. The first-order chi connectivity index (χ1) is 16.0. The van der Waals surface area contributed by atoms with Gasteiger partial charge in [0.1, 0.15) is 16.4 Å². The minimum absolute atomic E-state index is 0.0543. The molecule has 0 aliphatic carbocycles. The molecule has 1 aliphatic heterocycles. The highest BCUT2D eigenvalue weighted by Crippen LogP contribution is 2.31. The number of rotatable bonds is 8. The van der Waals surface area contributed by atoms with Gasteiger partial charge in [0, 0.05) is 44.5 Å². The molecule has 12 heteroatoms. The number of aliphatic hydroxyl groups is 2. The summed E-state index contributed by atoms with van der Waals surface area (Å²) in [4.78, 5) is 12.7. The zero-order valence-corrected chi connectivity index (χ0v) is 20.0. The Kier molecular flexibility index (Phi) is 7.84. The standard InChI is InChI=1S/C22H29F2N3O6S/c1-4-33-22(30)27-8-14(11-28)15(9-27)12-34(31,32)18-10-26(3)20(19(18)24)21(29)25-16-5-6-17(23)13(2)7-16/h5-7,10,14-15,21,25,28-29H,4,8-9,11-12H2,1-3H3. The van der Waals surface area contributed by atoms with Crippen molar-refractivity contribution in [3.8, 4) is 0 Å². The molecular weight excluding hydrogens is 472 g/mol. The molecule has 1 aromatic heterocycles. The van der Waals surface area contributed by atoms with Crippen molar-refractivity contribution in [3.05, 3.63) is 47.3 Å². The fraction of sp³-hybridized carbons (Fsp3) is 0.500. The molecule has 1 amide bonds. The van der Waals surface area contributed by atoms with Gasteiger partial charge in [-0.3, -0.25) is 0 Å². The van der Waals surface area contributed by atoms with E-state index in [1.54, 1.807) is 6.92 Å². The maximum Gasteiger partial charge on any atom is 0.409 e. The average molecular weight is 502 g/mol. The molecule has 188 valence electrons. The van der Waals surface area contributed by atoms with Gasteiger partial charge in [0.15, 0.2) is 21.9 Å². The number of amides is 1. The van der Waals surface area contributed by atoms with Crippen LogP contribution in [-0.2, 0) is 21.6 Å². The number of hydrogen-bond acceptors (Lipinski definition) is 7. The Morgan fingerprint density at radius 2 is 1.97 bits per heavy atom. The SMILES string of the molecule is CCOC(=O)N1CC(CO)C(CS(=O)(=O)c2cn(C)c(C(O)Nc3ccc(F)c(C)c3)c2F)C1. The first-order valence-corrected chi connectivity index (χ1v) is 12.4. The number of benzene rings is 1. The highest BCUT2D eigenvalue weighted by atomic mass is 32.2. The van der Waals surface area contributed by atoms with Gasteiger partial charge in [-0.25, -0.2) is 22.0 Å². The van der Waals surface area contributed by atoms with Crippen LogP contribution >= 0.6 is 0 Å². The molecule has 3 atom stereocenters. The molecule has 1 aromatic carbocycles. The van der Waals surface area contributed by atoms with Crippen molar-refractivity contribution in [2.24, 2.45) is 18.9 Å². The number of ether oxygens (including phenoxy) is 1. The van der Waals surface area contributed by atoms with E-state index in [4.69, 9.17) is 4.74 Å². The van der Waals surface area contributed by atoms with Gasteiger partial charge >= 0.3 is 6.09 Å². The predicted octanol–water partition coefficient (Wildman–Crippen LogP) is 2.19. The molecule has 3 unspecified atom stereocenters. The third kappa shape index (κ3) is 5.34. The summed E-state index contributed by atoms with van der Waals surface area (Å²) in [7, 11) is -2.78. The Bertz CT molecular complexity index is 1150. The number of carbonyl (C=O) groups excluding carboxylic acids is 1. The van der Waals surface area contributed by atoms with Crippen molar-refractivity contribution in [1.82, 2.24) is 9.47 Å². The lowest BCUT2D eigenvalue weighted by atomic mass is 9.99. The highest BCUT2D eigenvalue weighted by molar-refractivity contribution is 7.91. The summed E-state index contributed by atoms with van der Waals surface area (Å²) in [5.74, 6) is -3.16. The number of sulfone groups is 1. The predicted molar refractivity (Wildman–Crippen MR) is 120 cm³/mol. The molecule has 9 nitrogen and oxygen atoms in total. The van der Waals surface area contributed by atoms with Crippen LogP contribution in [0.5, 0.6) is 0 Å². The lowest BCUT2D eigenvalue weighted by Gasteiger charge is -2.16. The second kappa shape index (κ2) is 10.3. The minimum Gasteiger partial charge on any atom is -0.450 e. The second-order valence-electron chi connectivity index (χ2n) is 8.40. The smallest absolute Gasteiger partial charge is 0.409 e. The van der Waals surface area contributed by atoms with Crippen LogP contribution in [0.2, 0.25) is 0 Å². The first kappa shape index (κ1) is 25.9. The van der Waals surface area contributed by atoms with Crippen LogP contribution in [-0.4, -0.2) is 66.2 Å². The largest absolute Gasteiger partial charge is 0.450 e. The summed E-state index contributed by atoms with van der Waals surface area (Å²) in [6, 6.07) is 4.00. The van der Waals surface area contributed by atoms with Crippen LogP contribution in [0.15, 0.2) is 29.3 Å². The van der Waals surface area contributed by atoms with E-state index in [0.717, 1.165) is 6.20 Å². The second-order valence-corrected chi connectivity index (χ2v) is 10.4. The van der Waals surface area contributed by atoms with Gasteiger partial charge < -0.3 is 29.7 Å². The summed E-state index contributed by atoms with van der Waals surface area (Å²) in [5, 5.41) is 22.8. The molecule has 0 radical (unpaired) electrons. The Morgan fingerprint density at radius 3 is 2.59 bits per heavy atom. The highest BCUT2D eigenvalue weighted by Gasteiger charge is 2.40. The van der Waals surface area contributed by atoms with Crippen molar-refractivity contribution in [1.29, 1.82) is 0 Å². The fourth-order valence-electron chi connectivity index (χ4n) is 4.14. The molecule has 3 rings (SSSR count). The van der Waals surface area contributed by atoms with E-state index < -0.39 is 56.3 Å². The Hall–Kier alpha value is -2.70. The summed E-state index contributed by atoms with van der Waals surface area (Å²) in [6.45, 7) is 3.20. The molecule has 34 heavy (non-hydrogen) atoms. The number of nitrogens with one attached hydrogen (secondary N) is 1. The molecule has 2 aromatic rings. The molecule has 0 saturated carbocycles. The summed E-state index contributed by atoms with van der Waals surface area (Å²) < 4.78 is 61.0. The molecule has 1 saturated heterocycles. The van der Waals surface area contributed by atoms with Gasteiger partial charge in [-0.1, -0.05) is 0 Å². The van der Waals surface area contributed by atoms with Gasteiger partial charge in [0.05, 0.1) is 12.4 Å². The number of nitrogens with zero attached hydrogens (tertiary/aromatic N) is 2. The van der Waals surface area contributed by atoms with Crippen molar-refractivity contribution < 1.29 is 36.9 Å². The van der Waals surface area contributed by atoms with E-state index in [1.807, 2.05) is 0 Å². The van der Waals surface area contributed by atoms with Gasteiger partial charge in [-0.15, -0.1) is 0 Å². The maximum absolute atomic E-state index is 15.2. The van der Waals surface area contributed by atoms with E-state index in [2.05, 4.69) is 5.32 Å².